The number of nitrogens with one attached hydrogen (secondary N) is 1. The van der Waals surface area contributed by atoms with Gasteiger partial charge in [0.1, 0.15) is 0 Å². The largest absolute Gasteiger partial charge is 0.314 e. The maximum atomic E-state index is 3.86. The van der Waals surface area contributed by atoms with Gasteiger partial charge in [0.25, 0.3) is 0 Å². The molecule has 0 aliphatic heterocycles. The van der Waals surface area contributed by atoms with Crippen molar-refractivity contribution in [2.24, 2.45) is 0 Å². The highest BCUT2D eigenvalue weighted by molar-refractivity contribution is 4.88. The lowest BCUT2D eigenvalue weighted by Crippen LogP contribution is -2.28. The molecule has 0 saturated heterocycles. The Balaban J connectivity index is 3.28. The van der Waals surface area contributed by atoms with Crippen molar-refractivity contribution in [3.05, 3.63) is 12.2 Å². The monoisotopic (exact) mass is 155 g/mol. The number of hydrogen-bond donors (Lipinski definition) is 1. The molecule has 1 heteroatoms. The molecule has 1 nitrogen and oxygen atoms in total. The Hall–Kier alpha value is -0.300. The van der Waals surface area contributed by atoms with Crippen molar-refractivity contribution in [3.8, 4) is 0 Å². The first-order chi connectivity index (χ1) is 5.20. The van der Waals surface area contributed by atoms with Crippen LogP contribution in [0.2, 0.25) is 0 Å². The van der Waals surface area contributed by atoms with E-state index in [2.05, 4.69) is 32.7 Å². The molecular weight excluding hydrogens is 134 g/mol. The summed E-state index contributed by atoms with van der Waals surface area (Å²) in [7, 11) is 0. The van der Waals surface area contributed by atoms with Crippen LogP contribution in [0.4, 0.5) is 0 Å². The van der Waals surface area contributed by atoms with Crippen LogP contribution >= 0.6 is 0 Å². The van der Waals surface area contributed by atoms with E-state index in [1.165, 1.54) is 18.4 Å². The molecule has 0 saturated carbocycles. The Morgan fingerprint density at radius 3 is 2.27 bits per heavy atom. The standard InChI is InChI=1S/C10H21N/c1-5-10(6-2)11-8-7-9(3)4/h10-11H,3,5-8H2,1-2,4H3. The average molecular weight is 155 g/mol. The molecule has 0 rings (SSSR count). The van der Waals surface area contributed by atoms with Crippen molar-refractivity contribution in [2.45, 2.75) is 46.1 Å². The van der Waals surface area contributed by atoms with Crippen molar-refractivity contribution < 1.29 is 0 Å². The maximum Gasteiger partial charge on any atom is 0.00619 e. The van der Waals surface area contributed by atoms with Crippen LogP contribution < -0.4 is 5.32 Å². The zero-order valence-electron chi connectivity index (χ0n) is 8.11. The average Bonchev–Trinajstić information content (AvgIpc) is 1.98. The molecule has 0 radical (unpaired) electrons. The third kappa shape index (κ3) is 6.11. The molecule has 0 aliphatic rings. The third-order valence-electron chi connectivity index (χ3n) is 1.97. The predicted molar refractivity (Wildman–Crippen MR) is 51.8 cm³/mol. The van der Waals surface area contributed by atoms with Gasteiger partial charge in [0.15, 0.2) is 0 Å². The van der Waals surface area contributed by atoms with Crippen LogP contribution in [0.5, 0.6) is 0 Å². The molecule has 66 valence electrons. The van der Waals surface area contributed by atoms with Gasteiger partial charge in [-0.25, -0.2) is 0 Å². The first-order valence-electron chi connectivity index (χ1n) is 4.58. The summed E-state index contributed by atoms with van der Waals surface area (Å²) >= 11 is 0. The van der Waals surface area contributed by atoms with Crippen molar-refractivity contribution >= 4 is 0 Å². The van der Waals surface area contributed by atoms with Gasteiger partial charge in [-0.15, -0.1) is 6.58 Å². The summed E-state index contributed by atoms with van der Waals surface area (Å²) in [4.78, 5) is 0. The summed E-state index contributed by atoms with van der Waals surface area (Å²) in [5.41, 5.74) is 1.27. The van der Waals surface area contributed by atoms with Gasteiger partial charge < -0.3 is 5.32 Å². The molecule has 1 N–H and O–H groups in total. The zero-order chi connectivity index (χ0) is 8.69. The number of hydrogen-bond acceptors (Lipinski definition) is 1. The van der Waals surface area contributed by atoms with Gasteiger partial charge in [-0.05, 0) is 32.7 Å². The van der Waals surface area contributed by atoms with E-state index in [0.717, 1.165) is 13.0 Å². The molecular formula is C10H21N. The molecule has 0 bridgehead atoms. The topological polar surface area (TPSA) is 12.0 Å². The van der Waals surface area contributed by atoms with Crippen molar-refractivity contribution in [1.82, 2.24) is 5.32 Å². The normalized spacial score (nSPS) is 10.5. The highest BCUT2D eigenvalue weighted by atomic mass is 14.9. The second kappa shape index (κ2) is 6.41. The maximum absolute atomic E-state index is 3.86. The summed E-state index contributed by atoms with van der Waals surface area (Å²) in [5, 5.41) is 3.49. The Kier molecular flexibility index (Phi) is 6.24. The van der Waals surface area contributed by atoms with Crippen LogP contribution in [-0.4, -0.2) is 12.6 Å². The Morgan fingerprint density at radius 1 is 1.36 bits per heavy atom. The molecule has 0 atom stereocenters. The van der Waals surface area contributed by atoms with Crippen molar-refractivity contribution in [1.29, 1.82) is 0 Å². The summed E-state index contributed by atoms with van der Waals surface area (Å²) in [6, 6.07) is 0.703. The first-order valence-corrected chi connectivity index (χ1v) is 4.58. The second-order valence-corrected chi connectivity index (χ2v) is 3.17. The van der Waals surface area contributed by atoms with E-state index in [1.54, 1.807) is 0 Å². The van der Waals surface area contributed by atoms with Crippen LogP contribution in [0.15, 0.2) is 12.2 Å². The van der Waals surface area contributed by atoms with Crippen LogP contribution in [0.1, 0.15) is 40.0 Å². The summed E-state index contributed by atoms with van der Waals surface area (Å²) in [5.74, 6) is 0. The molecule has 0 amide bonds. The van der Waals surface area contributed by atoms with Crippen LogP contribution in [-0.2, 0) is 0 Å². The lowest BCUT2D eigenvalue weighted by atomic mass is 10.1. The van der Waals surface area contributed by atoms with Crippen LogP contribution in [0, 0.1) is 0 Å². The molecule has 11 heavy (non-hydrogen) atoms. The van der Waals surface area contributed by atoms with E-state index in [1.807, 2.05) is 0 Å². The van der Waals surface area contributed by atoms with E-state index < -0.39 is 0 Å². The van der Waals surface area contributed by atoms with Gasteiger partial charge in [-0.1, -0.05) is 19.4 Å². The van der Waals surface area contributed by atoms with E-state index in [9.17, 15) is 0 Å². The predicted octanol–water partition coefficient (Wildman–Crippen LogP) is 2.73. The molecule has 0 aromatic heterocycles. The van der Waals surface area contributed by atoms with Gasteiger partial charge in [0.2, 0.25) is 0 Å². The molecule has 0 aromatic carbocycles. The fourth-order valence-corrected chi connectivity index (χ4v) is 1.07. The first kappa shape index (κ1) is 10.7. The Bertz CT molecular complexity index is 103. The Labute approximate surface area is 70.9 Å². The molecule has 0 aromatic rings. The lowest BCUT2D eigenvalue weighted by Gasteiger charge is -2.13. The Morgan fingerprint density at radius 2 is 1.91 bits per heavy atom. The van der Waals surface area contributed by atoms with Crippen LogP contribution in [0.25, 0.3) is 0 Å². The van der Waals surface area contributed by atoms with Gasteiger partial charge in [0.05, 0.1) is 0 Å². The molecule has 0 unspecified atom stereocenters. The minimum atomic E-state index is 0.703. The van der Waals surface area contributed by atoms with E-state index in [4.69, 9.17) is 0 Å². The summed E-state index contributed by atoms with van der Waals surface area (Å²) in [6.45, 7) is 11.5. The van der Waals surface area contributed by atoms with E-state index in [0.29, 0.717) is 6.04 Å². The smallest absolute Gasteiger partial charge is 0.00619 e. The van der Waals surface area contributed by atoms with Gasteiger partial charge in [0, 0.05) is 6.04 Å². The fraction of sp³-hybridized carbons (Fsp3) is 0.800. The molecule has 0 aliphatic carbocycles. The second-order valence-electron chi connectivity index (χ2n) is 3.17. The minimum absolute atomic E-state index is 0.703. The van der Waals surface area contributed by atoms with Gasteiger partial charge >= 0.3 is 0 Å². The highest BCUT2D eigenvalue weighted by Gasteiger charge is 1.99. The van der Waals surface area contributed by atoms with E-state index >= 15 is 0 Å². The summed E-state index contributed by atoms with van der Waals surface area (Å²) in [6.07, 6.45) is 3.57. The van der Waals surface area contributed by atoms with E-state index in [-0.39, 0.29) is 0 Å². The van der Waals surface area contributed by atoms with Gasteiger partial charge in [-0.2, -0.15) is 0 Å². The van der Waals surface area contributed by atoms with Crippen molar-refractivity contribution in [2.75, 3.05) is 6.54 Å². The van der Waals surface area contributed by atoms with Crippen LogP contribution in [0.3, 0.4) is 0 Å². The fourth-order valence-electron chi connectivity index (χ4n) is 1.07. The summed E-state index contributed by atoms with van der Waals surface area (Å²) < 4.78 is 0. The SMILES string of the molecule is C=C(C)CCNC(CC)CC. The number of rotatable bonds is 6. The quantitative estimate of drug-likeness (QED) is 0.582. The van der Waals surface area contributed by atoms with Crippen molar-refractivity contribution in [3.63, 3.8) is 0 Å². The molecule has 0 fully saturated rings. The van der Waals surface area contributed by atoms with Gasteiger partial charge in [-0.3, -0.25) is 0 Å². The lowest BCUT2D eigenvalue weighted by molar-refractivity contribution is 0.488. The molecule has 0 spiro atoms. The third-order valence-corrected chi connectivity index (χ3v) is 1.97. The minimum Gasteiger partial charge on any atom is -0.314 e. The highest BCUT2D eigenvalue weighted by Crippen LogP contribution is 1.98. The molecule has 0 heterocycles. The zero-order valence-corrected chi connectivity index (χ0v) is 8.11.